The lowest BCUT2D eigenvalue weighted by molar-refractivity contribution is -0.193. The van der Waals surface area contributed by atoms with Crippen LogP contribution in [0.1, 0.15) is 36.0 Å². The summed E-state index contributed by atoms with van der Waals surface area (Å²) in [6.45, 7) is 1.81. The Hall–Kier alpha value is -3.04. The maximum Gasteiger partial charge on any atom is 0.491 e. The number of halogens is 9. The van der Waals surface area contributed by atoms with Gasteiger partial charge in [-0.05, 0) is 50.9 Å². The van der Waals surface area contributed by atoms with Crippen molar-refractivity contribution in [1.29, 1.82) is 0 Å². The average molecular weight is 577 g/mol. The van der Waals surface area contributed by atoms with Gasteiger partial charge in [-0.15, -0.1) is 0 Å². The fourth-order valence-corrected chi connectivity index (χ4v) is 4.62. The van der Waals surface area contributed by atoms with Crippen LogP contribution in [0.5, 0.6) is 0 Å². The Labute approximate surface area is 216 Å². The highest BCUT2D eigenvalue weighted by molar-refractivity contribution is 6.07. The second-order valence-corrected chi connectivity index (χ2v) is 9.39. The molecule has 0 unspecified atom stereocenters. The molecule has 16 heteroatoms. The number of esters is 2. The number of alkyl halides is 9. The lowest BCUT2D eigenvalue weighted by atomic mass is 9.84. The van der Waals surface area contributed by atoms with Crippen LogP contribution in [0.15, 0.2) is 18.2 Å². The predicted octanol–water partition coefficient (Wildman–Crippen LogP) is 4.70. The average Bonchev–Trinajstić information content (AvgIpc) is 2.83. The van der Waals surface area contributed by atoms with Gasteiger partial charge in [0.2, 0.25) is 0 Å². The van der Waals surface area contributed by atoms with Crippen molar-refractivity contribution in [3.8, 4) is 0 Å². The molecular weight excluding hydrogens is 553 g/mol. The zero-order chi connectivity index (χ0) is 29.3. The first-order valence-electron chi connectivity index (χ1n) is 11.8. The van der Waals surface area contributed by atoms with Crippen LogP contribution >= 0.6 is 0 Å². The molecule has 0 N–H and O–H groups in total. The summed E-state index contributed by atoms with van der Waals surface area (Å²) in [5.74, 6) is -9.24. The van der Waals surface area contributed by atoms with E-state index in [0.29, 0.717) is 26.2 Å². The Morgan fingerprint density at radius 1 is 0.846 bits per heavy atom. The van der Waals surface area contributed by atoms with Crippen LogP contribution in [0.4, 0.5) is 50.9 Å². The van der Waals surface area contributed by atoms with Crippen LogP contribution in [-0.4, -0.2) is 80.5 Å². The minimum atomic E-state index is -5.60. The molecule has 218 valence electrons. The Morgan fingerprint density at radius 2 is 1.41 bits per heavy atom. The van der Waals surface area contributed by atoms with Crippen molar-refractivity contribution in [1.82, 2.24) is 4.90 Å². The first kappa shape index (κ1) is 30.5. The predicted molar refractivity (Wildman–Crippen MR) is 118 cm³/mol. The number of ether oxygens (including phenoxy) is 1. The zero-order valence-corrected chi connectivity index (χ0v) is 20.4. The molecule has 0 atom stereocenters. The highest BCUT2D eigenvalue weighted by Gasteiger charge is 2.49. The molecule has 1 amide bonds. The van der Waals surface area contributed by atoms with E-state index in [4.69, 9.17) is 0 Å². The molecule has 1 aromatic rings. The van der Waals surface area contributed by atoms with Crippen LogP contribution in [0.3, 0.4) is 0 Å². The number of carbonyl (C=O) groups is 3. The van der Waals surface area contributed by atoms with E-state index >= 15 is 0 Å². The van der Waals surface area contributed by atoms with Crippen molar-refractivity contribution in [2.45, 2.75) is 50.3 Å². The number of anilines is 2. The zero-order valence-electron chi connectivity index (χ0n) is 20.4. The first-order valence-corrected chi connectivity index (χ1v) is 11.8. The molecule has 0 radical (unpaired) electrons. The number of amides is 1. The molecule has 2 fully saturated rings. The van der Waals surface area contributed by atoms with Crippen molar-refractivity contribution in [3.05, 3.63) is 23.8 Å². The SMILES string of the molecule is CN1CCN(c2ccc(C(=O)OC(=O)C(F)(F)F)c(N(C(=O)C(F)(F)F)C3CCC(C(F)(F)F)CC3)c2)CC1. The fourth-order valence-electron chi connectivity index (χ4n) is 4.62. The van der Waals surface area contributed by atoms with Crippen LogP contribution in [0, 0.1) is 5.92 Å². The van der Waals surface area contributed by atoms with Gasteiger partial charge in [-0.1, -0.05) is 0 Å². The van der Waals surface area contributed by atoms with Gasteiger partial charge in [-0.25, -0.2) is 9.59 Å². The maximum atomic E-state index is 13.7. The maximum absolute atomic E-state index is 13.7. The summed E-state index contributed by atoms with van der Waals surface area (Å²) in [6, 6.07) is 1.54. The third-order valence-corrected chi connectivity index (χ3v) is 6.73. The van der Waals surface area contributed by atoms with Gasteiger partial charge in [0.05, 0.1) is 17.2 Å². The van der Waals surface area contributed by atoms with E-state index in [1.54, 1.807) is 4.90 Å². The summed E-state index contributed by atoms with van der Waals surface area (Å²) in [4.78, 5) is 40.1. The summed E-state index contributed by atoms with van der Waals surface area (Å²) >= 11 is 0. The van der Waals surface area contributed by atoms with E-state index in [1.807, 2.05) is 11.9 Å². The number of hydrogen-bond acceptors (Lipinski definition) is 6. The number of likely N-dealkylation sites (N-methyl/N-ethyl adjacent to an activating group) is 1. The van der Waals surface area contributed by atoms with E-state index in [1.165, 1.54) is 6.07 Å². The Morgan fingerprint density at radius 3 is 1.90 bits per heavy atom. The number of rotatable bonds is 4. The largest absolute Gasteiger partial charge is 0.491 e. The van der Waals surface area contributed by atoms with Crippen molar-refractivity contribution in [2.75, 3.05) is 43.0 Å². The van der Waals surface area contributed by atoms with E-state index in [9.17, 15) is 53.9 Å². The first-order chi connectivity index (χ1) is 17.9. The molecule has 1 heterocycles. The Kier molecular flexibility index (Phi) is 8.77. The Balaban J connectivity index is 2.09. The van der Waals surface area contributed by atoms with Gasteiger partial charge in [0, 0.05) is 37.9 Å². The third-order valence-electron chi connectivity index (χ3n) is 6.73. The number of benzene rings is 1. The van der Waals surface area contributed by atoms with Crippen LogP contribution in [-0.2, 0) is 14.3 Å². The molecule has 39 heavy (non-hydrogen) atoms. The van der Waals surface area contributed by atoms with Gasteiger partial charge in [0.1, 0.15) is 0 Å². The molecule has 0 aromatic heterocycles. The van der Waals surface area contributed by atoms with Gasteiger partial charge in [0.15, 0.2) is 0 Å². The topological polar surface area (TPSA) is 70.2 Å². The number of carbonyl (C=O) groups excluding carboxylic acids is 3. The number of hydrogen-bond donors (Lipinski definition) is 0. The molecule has 2 aliphatic rings. The standard InChI is InChI=1S/C23H24F9N3O4/c1-33-8-10-34(11-9-33)15-6-7-16(18(36)39-20(38)23(30,31)32)17(12-15)35(19(37)22(27,28)29)14-4-2-13(3-5-14)21(24,25)26/h6-7,12-14H,2-5,8-11H2,1H3. The van der Waals surface area contributed by atoms with Gasteiger partial charge in [-0.3, -0.25) is 4.79 Å². The molecule has 7 nitrogen and oxygen atoms in total. The van der Waals surface area contributed by atoms with Crippen LogP contribution in [0.25, 0.3) is 0 Å². The van der Waals surface area contributed by atoms with Crippen molar-refractivity contribution in [3.63, 3.8) is 0 Å². The minimum Gasteiger partial charge on any atom is -0.383 e. The summed E-state index contributed by atoms with van der Waals surface area (Å²) in [5.41, 5.74) is -1.56. The summed E-state index contributed by atoms with van der Waals surface area (Å²) in [5, 5.41) is 0. The van der Waals surface area contributed by atoms with Gasteiger partial charge in [-0.2, -0.15) is 39.5 Å². The van der Waals surface area contributed by atoms with Gasteiger partial charge >= 0.3 is 36.4 Å². The second-order valence-electron chi connectivity index (χ2n) is 9.39. The highest BCUT2D eigenvalue weighted by atomic mass is 19.4. The molecule has 1 saturated carbocycles. The van der Waals surface area contributed by atoms with Crippen LogP contribution < -0.4 is 9.80 Å². The molecule has 0 spiro atoms. The molecule has 3 rings (SSSR count). The normalized spacial score (nSPS) is 21.4. The van der Waals surface area contributed by atoms with Crippen molar-refractivity contribution < 1.29 is 58.6 Å². The van der Waals surface area contributed by atoms with Gasteiger partial charge in [0.25, 0.3) is 0 Å². The highest BCUT2D eigenvalue weighted by Crippen LogP contribution is 2.42. The molecule has 0 bridgehead atoms. The number of nitrogens with zero attached hydrogens (tertiary/aromatic N) is 3. The molecule has 1 aromatic carbocycles. The van der Waals surface area contributed by atoms with Crippen molar-refractivity contribution in [2.24, 2.45) is 5.92 Å². The molecular formula is C23H24F9N3O4. The lowest BCUT2D eigenvalue weighted by Crippen LogP contribution is -2.50. The second kappa shape index (κ2) is 11.2. The Bertz CT molecular complexity index is 1070. The molecule has 1 saturated heterocycles. The van der Waals surface area contributed by atoms with E-state index in [-0.39, 0.29) is 10.6 Å². The fraction of sp³-hybridized carbons (Fsp3) is 0.609. The third kappa shape index (κ3) is 7.33. The lowest BCUT2D eigenvalue weighted by Gasteiger charge is -2.39. The van der Waals surface area contributed by atoms with E-state index in [2.05, 4.69) is 4.74 Å². The number of piperazine rings is 1. The van der Waals surface area contributed by atoms with Crippen LogP contribution in [0.2, 0.25) is 0 Å². The monoisotopic (exact) mass is 577 g/mol. The summed E-state index contributed by atoms with van der Waals surface area (Å²) in [6.07, 6.45) is -18.0. The summed E-state index contributed by atoms with van der Waals surface area (Å²) in [7, 11) is 1.82. The van der Waals surface area contributed by atoms with Gasteiger partial charge < -0.3 is 19.4 Å². The van der Waals surface area contributed by atoms with E-state index < -0.39 is 85.3 Å². The minimum absolute atomic E-state index is 0.0980. The quantitative estimate of drug-likeness (QED) is 0.294. The molecule has 1 aliphatic carbocycles. The van der Waals surface area contributed by atoms with E-state index in [0.717, 1.165) is 12.1 Å². The smallest absolute Gasteiger partial charge is 0.383 e. The molecule has 1 aliphatic heterocycles. The van der Waals surface area contributed by atoms with Crippen molar-refractivity contribution >= 4 is 29.2 Å². The summed E-state index contributed by atoms with van der Waals surface area (Å²) < 4.78 is 122.